The molecule has 0 saturated heterocycles. The van der Waals surface area contributed by atoms with Gasteiger partial charge in [0.2, 0.25) is 0 Å². The third-order valence-electron chi connectivity index (χ3n) is 4.51. The summed E-state index contributed by atoms with van der Waals surface area (Å²) in [6, 6.07) is 14.2. The Morgan fingerprint density at radius 3 is 2.52 bits per heavy atom. The van der Waals surface area contributed by atoms with Crippen molar-refractivity contribution >= 4 is 34.4 Å². The molecule has 3 aromatic rings. The minimum Gasteiger partial charge on any atom is -0.462 e. The van der Waals surface area contributed by atoms with E-state index in [1.807, 2.05) is 48.9 Å². The SMILES string of the molecule is CCOC(=O)c1ccc([C@@H](C)NC(=O)c2cc3ccc(Cl)cc3n2C)cc1. The molecule has 0 aliphatic carbocycles. The summed E-state index contributed by atoms with van der Waals surface area (Å²) in [6.45, 7) is 4.00. The predicted octanol–water partition coefficient (Wildman–Crippen LogP) is 4.50. The average molecular weight is 385 g/mol. The topological polar surface area (TPSA) is 60.3 Å². The van der Waals surface area contributed by atoms with Crippen molar-refractivity contribution in [3.05, 3.63) is 70.4 Å². The minimum absolute atomic E-state index is 0.174. The zero-order valence-corrected chi connectivity index (χ0v) is 16.2. The van der Waals surface area contributed by atoms with Crippen LogP contribution in [-0.2, 0) is 11.8 Å². The summed E-state index contributed by atoms with van der Waals surface area (Å²) in [5.41, 5.74) is 2.85. The summed E-state index contributed by atoms with van der Waals surface area (Å²) in [4.78, 5) is 24.5. The van der Waals surface area contributed by atoms with E-state index in [2.05, 4.69) is 5.32 Å². The van der Waals surface area contributed by atoms with E-state index in [0.29, 0.717) is 22.9 Å². The van der Waals surface area contributed by atoms with Gasteiger partial charge in [-0.15, -0.1) is 0 Å². The smallest absolute Gasteiger partial charge is 0.338 e. The molecular formula is C21H21ClN2O3. The van der Waals surface area contributed by atoms with Crippen molar-refractivity contribution in [1.82, 2.24) is 9.88 Å². The van der Waals surface area contributed by atoms with Crippen LogP contribution in [0.15, 0.2) is 48.5 Å². The lowest BCUT2D eigenvalue weighted by molar-refractivity contribution is 0.0526. The van der Waals surface area contributed by atoms with Crippen molar-refractivity contribution in [1.29, 1.82) is 0 Å². The van der Waals surface area contributed by atoms with Crippen LogP contribution in [0.4, 0.5) is 0 Å². The summed E-state index contributed by atoms with van der Waals surface area (Å²) < 4.78 is 6.81. The van der Waals surface area contributed by atoms with Crippen molar-refractivity contribution in [3.8, 4) is 0 Å². The van der Waals surface area contributed by atoms with Gasteiger partial charge in [-0.2, -0.15) is 0 Å². The van der Waals surface area contributed by atoms with E-state index in [4.69, 9.17) is 16.3 Å². The van der Waals surface area contributed by atoms with E-state index in [-0.39, 0.29) is 17.9 Å². The Morgan fingerprint density at radius 1 is 1.15 bits per heavy atom. The number of hydrogen-bond donors (Lipinski definition) is 1. The molecule has 1 amide bonds. The van der Waals surface area contributed by atoms with Crippen LogP contribution < -0.4 is 5.32 Å². The number of rotatable bonds is 5. The lowest BCUT2D eigenvalue weighted by Gasteiger charge is -2.15. The van der Waals surface area contributed by atoms with Crippen molar-refractivity contribution in [2.75, 3.05) is 6.61 Å². The fourth-order valence-corrected chi connectivity index (χ4v) is 3.16. The number of carbonyl (C=O) groups is 2. The molecule has 1 aromatic heterocycles. The number of esters is 1. The Balaban J connectivity index is 1.76. The van der Waals surface area contributed by atoms with Crippen LogP contribution in [-0.4, -0.2) is 23.1 Å². The third-order valence-corrected chi connectivity index (χ3v) is 4.74. The van der Waals surface area contributed by atoms with E-state index in [1.165, 1.54) is 0 Å². The maximum absolute atomic E-state index is 12.7. The van der Waals surface area contributed by atoms with Crippen molar-refractivity contribution in [2.24, 2.45) is 7.05 Å². The van der Waals surface area contributed by atoms with Crippen molar-refractivity contribution in [2.45, 2.75) is 19.9 Å². The normalized spacial score (nSPS) is 12.0. The number of aryl methyl sites for hydroxylation is 1. The number of ether oxygens (including phenoxy) is 1. The summed E-state index contributed by atoms with van der Waals surface area (Å²) in [5, 5.41) is 4.58. The second-order valence-corrected chi connectivity index (χ2v) is 6.77. The first-order valence-corrected chi connectivity index (χ1v) is 9.11. The van der Waals surface area contributed by atoms with Gasteiger partial charge < -0.3 is 14.6 Å². The number of carbonyl (C=O) groups excluding carboxylic acids is 2. The van der Waals surface area contributed by atoms with Gasteiger partial charge >= 0.3 is 5.97 Å². The van der Waals surface area contributed by atoms with Gasteiger partial charge in [-0.1, -0.05) is 29.8 Å². The van der Waals surface area contributed by atoms with Crippen LogP contribution in [0.5, 0.6) is 0 Å². The Bertz CT molecular complexity index is 993. The number of aromatic nitrogens is 1. The largest absolute Gasteiger partial charge is 0.462 e. The van der Waals surface area contributed by atoms with Gasteiger partial charge in [0.1, 0.15) is 5.69 Å². The Hall–Kier alpha value is -2.79. The van der Waals surface area contributed by atoms with Crippen LogP contribution in [0.1, 0.15) is 46.3 Å². The van der Waals surface area contributed by atoms with Gasteiger partial charge in [-0.25, -0.2) is 4.79 Å². The molecular weight excluding hydrogens is 364 g/mol. The fraction of sp³-hybridized carbons (Fsp3) is 0.238. The molecule has 0 unspecified atom stereocenters. The number of benzene rings is 2. The molecule has 3 rings (SSSR count). The zero-order chi connectivity index (χ0) is 19.6. The second-order valence-electron chi connectivity index (χ2n) is 6.33. The standard InChI is InChI=1S/C21H21ClN2O3/c1-4-27-21(26)15-7-5-14(6-8-15)13(2)23-20(25)19-11-16-9-10-17(22)12-18(16)24(19)3/h5-13H,4H2,1-3H3,(H,23,25)/t13-/m1/s1. The highest BCUT2D eigenvalue weighted by molar-refractivity contribution is 6.31. The highest BCUT2D eigenvalue weighted by Gasteiger charge is 2.17. The first-order valence-electron chi connectivity index (χ1n) is 8.73. The average Bonchev–Trinajstić information content (AvgIpc) is 2.98. The van der Waals surface area contributed by atoms with E-state index in [1.54, 1.807) is 25.1 Å². The number of fused-ring (bicyclic) bond motifs is 1. The molecule has 0 fully saturated rings. The molecule has 0 aliphatic rings. The second kappa shape index (κ2) is 7.84. The van der Waals surface area contributed by atoms with Crippen LogP contribution in [0.25, 0.3) is 10.9 Å². The third kappa shape index (κ3) is 3.98. The van der Waals surface area contributed by atoms with Crippen LogP contribution in [0, 0.1) is 0 Å². The Morgan fingerprint density at radius 2 is 1.85 bits per heavy atom. The molecule has 0 aliphatic heterocycles. The molecule has 0 spiro atoms. The lowest BCUT2D eigenvalue weighted by Crippen LogP contribution is -2.28. The van der Waals surface area contributed by atoms with Gasteiger partial charge in [0.05, 0.1) is 18.2 Å². The van der Waals surface area contributed by atoms with E-state index < -0.39 is 0 Å². The summed E-state index contributed by atoms with van der Waals surface area (Å²) in [6.07, 6.45) is 0. The first kappa shape index (κ1) is 19.0. The maximum atomic E-state index is 12.7. The van der Waals surface area contributed by atoms with Gasteiger partial charge in [-0.05, 0) is 49.7 Å². The number of halogens is 1. The van der Waals surface area contributed by atoms with Gasteiger partial charge in [0.25, 0.3) is 5.91 Å². The van der Waals surface area contributed by atoms with E-state index >= 15 is 0 Å². The Kier molecular flexibility index (Phi) is 5.51. The number of nitrogens with zero attached hydrogens (tertiary/aromatic N) is 1. The molecule has 2 aromatic carbocycles. The van der Waals surface area contributed by atoms with Gasteiger partial charge in [0, 0.05) is 23.0 Å². The molecule has 0 radical (unpaired) electrons. The highest BCUT2D eigenvalue weighted by atomic mass is 35.5. The van der Waals surface area contributed by atoms with E-state index in [0.717, 1.165) is 16.5 Å². The van der Waals surface area contributed by atoms with Crippen LogP contribution >= 0.6 is 11.6 Å². The highest BCUT2D eigenvalue weighted by Crippen LogP contribution is 2.23. The molecule has 1 heterocycles. The maximum Gasteiger partial charge on any atom is 0.338 e. The van der Waals surface area contributed by atoms with Gasteiger partial charge in [-0.3, -0.25) is 4.79 Å². The Labute approximate surface area is 162 Å². The van der Waals surface area contributed by atoms with Gasteiger partial charge in [0.15, 0.2) is 0 Å². The quantitative estimate of drug-likeness (QED) is 0.659. The molecule has 140 valence electrons. The summed E-state index contributed by atoms with van der Waals surface area (Å²) in [7, 11) is 1.84. The van der Waals surface area contributed by atoms with Crippen LogP contribution in [0.3, 0.4) is 0 Å². The fourth-order valence-electron chi connectivity index (χ4n) is 3.00. The minimum atomic E-state index is -0.352. The molecule has 1 atom stereocenters. The van der Waals surface area contributed by atoms with Crippen molar-refractivity contribution in [3.63, 3.8) is 0 Å². The van der Waals surface area contributed by atoms with E-state index in [9.17, 15) is 9.59 Å². The number of nitrogens with one attached hydrogen (secondary N) is 1. The molecule has 27 heavy (non-hydrogen) atoms. The lowest BCUT2D eigenvalue weighted by atomic mass is 10.1. The summed E-state index contributed by atoms with van der Waals surface area (Å²) in [5.74, 6) is -0.526. The molecule has 0 saturated carbocycles. The first-order chi connectivity index (χ1) is 12.9. The number of hydrogen-bond acceptors (Lipinski definition) is 3. The molecule has 1 N–H and O–H groups in total. The summed E-state index contributed by atoms with van der Waals surface area (Å²) >= 11 is 6.05. The number of amides is 1. The molecule has 6 heteroatoms. The molecule has 0 bridgehead atoms. The molecule has 5 nitrogen and oxygen atoms in total. The predicted molar refractivity (Wildman–Crippen MR) is 106 cm³/mol. The zero-order valence-electron chi connectivity index (χ0n) is 15.5. The monoisotopic (exact) mass is 384 g/mol. The van der Waals surface area contributed by atoms with Crippen LogP contribution in [0.2, 0.25) is 5.02 Å². The van der Waals surface area contributed by atoms with Crippen molar-refractivity contribution < 1.29 is 14.3 Å².